The van der Waals surface area contributed by atoms with E-state index in [1.807, 2.05) is 6.07 Å². The van der Waals surface area contributed by atoms with Gasteiger partial charge in [-0.1, -0.05) is 23.8 Å². The van der Waals surface area contributed by atoms with Crippen LogP contribution in [-0.4, -0.2) is 20.1 Å². The minimum Gasteiger partial charge on any atom is -0.307 e. The van der Waals surface area contributed by atoms with Gasteiger partial charge in [-0.15, -0.1) is 0 Å². The van der Waals surface area contributed by atoms with E-state index in [-0.39, 0.29) is 36.5 Å². The highest BCUT2D eigenvalue weighted by Gasteiger charge is 2.23. The summed E-state index contributed by atoms with van der Waals surface area (Å²) in [6, 6.07) is 13.7. The number of pyridine rings is 1. The molecule has 0 aliphatic carbocycles. The van der Waals surface area contributed by atoms with Crippen LogP contribution < -0.4 is 26.8 Å². The van der Waals surface area contributed by atoms with Gasteiger partial charge in [-0.2, -0.15) is 5.10 Å². The summed E-state index contributed by atoms with van der Waals surface area (Å²) in [7, 11) is 1.73. The fraction of sp³-hybridized carbons (Fsp3) is 0.233. The first kappa shape index (κ1) is 26.2. The van der Waals surface area contributed by atoms with Gasteiger partial charge in [-0.3, -0.25) is 14.3 Å². The van der Waals surface area contributed by atoms with Gasteiger partial charge in [0.05, 0.1) is 22.6 Å². The van der Waals surface area contributed by atoms with Gasteiger partial charge in [0.1, 0.15) is 17.4 Å². The Balaban J connectivity index is 1.34. The topological polar surface area (TPSA) is 56.9 Å². The molecule has 0 aliphatic rings. The maximum Gasteiger partial charge on any atom is 0.358 e. The van der Waals surface area contributed by atoms with Crippen molar-refractivity contribution in [2.45, 2.75) is 40.2 Å². The number of halogens is 3. The molecule has 5 rings (SSSR count). The van der Waals surface area contributed by atoms with Gasteiger partial charge < -0.3 is 4.57 Å². The van der Waals surface area contributed by atoms with Crippen LogP contribution >= 0.6 is 0 Å². The van der Waals surface area contributed by atoms with E-state index in [2.05, 4.69) is 38.0 Å². The van der Waals surface area contributed by atoms with E-state index in [0.29, 0.717) is 27.4 Å². The molecule has 0 radical (unpaired) electrons. The van der Waals surface area contributed by atoms with Crippen molar-refractivity contribution in [1.82, 2.24) is 14.3 Å². The third-order valence-corrected chi connectivity index (χ3v) is 10.3. The van der Waals surface area contributed by atoms with Gasteiger partial charge >= 0.3 is 21.2 Å². The smallest absolute Gasteiger partial charge is 0.307 e. The molecule has 0 fully saturated rings. The number of aromatic nitrogens is 3. The Morgan fingerprint density at radius 1 is 0.974 bits per heavy atom. The van der Waals surface area contributed by atoms with Crippen LogP contribution in [0.25, 0.3) is 21.8 Å². The molecular formula is C30H27F2IN3O2+. The average Bonchev–Trinajstić information content (AvgIpc) is 3.24. The summed E-state index contributed by atoms with van der Waals surface area (Å²) in [5, 5.41) is 5.26. The van der Waals surface area contributed by atoms with E-state index in [0.717, 1.165) is 3.57 Å². The Labute approximate surface area is 229 Å². The number of benzene rings is 3. The maximum absolute atomic E-state index is 15.0. The number of hydrogen-bond donors (Lipinski definition) is 0. The summed E-state index contributed by atoms with van der Waals surface area (Å²) >= 11 is -0.554. The third-order valence-electron chi connectivity index (χ3n) is 6.72. The second-order valence-electron chi connectivity index (χ2n) is 9.66. The van der Waals surface area contributed by atoms with Crippen molar-refractivity contribution < 1.29 is 34.8 Å². The standard InChI is InChI=1S/C30H27F2IN3O2/c1-17-11-18(2)28(19(3)12-17)33-22-7-5-20(26(32)15-22)13-23(37)9-10-36-27-14-21(31)6-8-24(27)29-25(30(36)38)16-34-35(29)4/h5-8,11-12,14-16H,9-10,13H2,1-4H3/q+1. The molecule has 3 aromatic carbocycles. The van der Waals surface area contributed by atoms with Crippen LogP contribution in [0, 0.1) is 39.5 Å². The molecule has 0 saturated carbocycles. The second kappa shape index (κ2) is 10.4. The van der Waals surface area contributed by atoms with Crippen molar-refractivity contribution in [1.29, 1.82) is 0 Å². The maximum atomic E-state index is 15.0. The van der Waals surface area contributed by atoms with Gasteiger partial charge in [-0.05, 0) is 50.6 Å². The molecule has 38 heavy (non-hydrogen) atoms. The van der Waals surface area contributed by atoms with Crippen molar-refractivity contribution in [3.63, 3.8) is 0 Å². The number of rotatable bonds is 7. The Bertz CT molecular complexity index is 1770. The van der Waals surface area contributed by atoms with E-state index in [4.69, 9.17) is 0 Å². The van der Waals surface area contributed by atoms with Crippen LogP contribution in [0.1, 0.15) is 28.7 Å². The third kappa shape index (κ3) is 5.01. The molecule has 0 saturated heterocycles. The molecule has 8 heteroatoms. The van der Waals surface area contributed by atoms with E-state index in [1.54, 1.807) is 29.9 Å². The zero-order valence-corrected chi connectivity index (χ0v) is 23.8. The number of Topliss-reactive ketones (excluding diaryl/α,β-unsaturated/α-hetero) is 1. The highest BCUT2D eigenvalue weighted by atomic mass is 127. The van der Waals surface area contributed by atoms with Crippen LogP contribution in [0.5, 0.6) is 0 Å². The van der Waals surface area contributed by atoms with Crippen LogP contribution in [0.4, 0.5) is 8.78 Å². The molecule has 5 aromatic rings. The van der Waals surface area contributed by atoms with Gasteiger partial charge in [0, 0.05) is 49.0 Å². The molecule has 2 aromatic heterocycles. The van der Waals surface area contributed by atoms with E-state index in [9.17, 15) is 18.4 Å². The van der Waals surface area contributed by atoms with Crippen LogP contribution in [0.3, 0.4) is 0 Å². The Hall–Kier alpha value is -3.40. The molecule has 194 valence electrons. The predicted octanol–water partition coefficient (Wildman–Crippen LogP) is 2.42. The molecule has 0 unspecified atom stereocenters. The van der Waals surface area contributed by atoms with Crippen molar-refractivity contribution >= 4 is 27.6 Å². The average molecular weight is 626 g/mol. The summed E-state index contributed by atoms with van der Waals surface area (Å²) < 4.78 is 34.3. The SMILES string of the molecule is Cc1cc(C)c([I+]c2ccc(CC(=O)CCn3c(=O)c4cnn(C)c4c4ccc(F)cc43)c(F)c2)c(C)c1. The normalized spacial score (nSPS) is 11.5. The lowest BCUT2D eigenvalue weighted by molar-refractivity contribution is -0.598. The zero-order valence-electron chi connectivity index (χ0n) is 21.6. The van der Waals surface area contributed by atoms with Crippen molar-refractivity contribution in [2.24, 2.45) is 7.05 Å². The minimum atomic E-state index is -0.554. The molecule has 0 spiro atoms. The summed E-state index contributed by atoms with van der Waals surface area (Å²) in [4.78, 5) is 26.0. The fourth-order valence-electron chi connectivity index (χ4n) is 5.00. The molecular weight excluding hydrogens is 599 g/mol. The number of carbonyl (C=O) groups excluding carboxylic acids is 1. The second-order valence-corrected chi connectivity index (χ2v) is 12.5. The lowest BCUT2D eigenvalue weighted by Crippen LogP contribution is -3.62. The molecule has 0 bridgehead atoms. The van der Waals surface area contributed by atoms with Gasteiger partial charge in [0.25, 0.3) is 5.56 Å². The number of aryl methyl sites for hydroxylation is 5. The summed E-state index contributed by atoms with van der Waals surface area (Å²) in [5.74, 6) is -1.06. The first-order valence-electron chi connectivity index (χ1n) is 12.3. The quantitative estimate of drug-likeness (QED) is 0.261. The molecule has 0 atom stereocenters. The fourth-order valence-corrected chi connectivity index (χ4v) is 7.57. The number of fused-ring (bicyclic) bond motifs is 3. The number of carbonyl (C=O) groups is 1. The number of nitrogens with zero attached hydrogens (tertiary/aromatic N) is 3. The van der Waals surface area contributed by atoms with E-state index in [1.165, 1.54) is 43.2 Å². The lowest BCUT2D eigenvalue weighted by atomic mass is 10.1. The van der Waals surface area contributed by atoms with Crippen molar-refractivity contribution in [3.05, 3.63) is 106 Å². The van der Waals surface area contributed by atoms with Crippen LogP contribution in [0.15, 0.2) is 59.5 Å². The first-order valence-corrected chi connectivity index (χ1v) is 14.4. The van der Waals surface area contributed by atoms with E-state index >= 15 is 0 Å². The minimum absolute atomic E-state index is 0.0210. The zero-order chi connectivity index (χ0) is 27.1. The molecule has 5 nitrogen and oxygen atoms in total. The lowest BCUT2D eigenvalue weighted by Gasteiger charge is -2.12. The summed E-state index contributed by atoms with van der Waals surface area (Å²) in [6.07, 6.45) is 1.44. The monoisotopic (exact) mass is 626 g/mol. The number of hydrogen-bond acceptors (Lipinski definition) is 3. The highest BCUT2D eigenvalue weighted by molar-refractivity contribution is 6.03. The summed E-state index contributed by atoms with van der Waals surface area (Å²) in [6.45, 7) is 6.32. The summed E-state index contributed by atoms with van der Waals surface area (Å²) in [5.41, 5.74) is 4.69. The molecule has 0 N–H and O–H groups in total. The molecule has 0 aliphatic heterocycles. The van der Waals surface area contributed by atoms with E-state index < -0.39 is 27.0 Å². The highest BCUT2D eigenvalue weighted by Crippen LogP contribution is 2.23. The van der Waals surface area contributed by atoms with Gasteiger partial charge in [0.15, 0.2) is 7.14 Å². The predicted molar refractivity (Wildman–Crippen MR) is 140 cm³/mol. The van der Waals surface area contributed by atoms with Crippen molar-refractivity contribution in [3.8, 4) is 0 Å². The number of ketones is 1. The Kier molecular flexibility index (Phi) is 7.17. The first-order chi connectivity index (χ1) is 18.1. The van der Waals surface area contributed by atoms with Crippen LogP contribution in [0.2, 0.25) is 0 Å². The van der Waals surface area contributed by atoms with Crippen molar-refractivity contribution in [2.75, 3.05) is 0 Å². The van der Waals surface area contributed by atoms with Gasteiger partial charge in [0.2, 0.25) is 0 Å². The van der Waals surface area contributed by atoms with Crippen LogP contribution in [-0.2, 0) is 24.8 Å². The largest absolute Gasteiger partial charge is 0.358 e. The molecule has 2 heterocycles. The van der Waals surface area contributed by atoms with Gasteiger partial charge in [-0.25, -0.2) is 8.78 Å². The Morgan fingerprint density at radius 3 is 2.42 bits per heavy atom. The molecule has 0 amide bonds. The Morgan fingerprint density at radius 2 is 1.71 bits per heavy atom.